The SMILES string of the molecule is CCCCCC1CCC(c2ccc(I)c(F)c2F)CC1. The van der Waals surface area contributed by atoms with Crippen molar-refractivity contribution in [2.24, 2.45) is 5.92 Å². The molecule has 0 unspecified atom stereocenters. The van der Waals surface area contributed by atoms with Crippen molar-refractivity contribution in [3.63, 3.8) is 0 Å². The molecule has 0 amide bonds. The van der Waals surface area contributed by atoms with Crippen LogP contribution in [0.4, 0.5) is 8.78 Å². The minimum atomic E-state index is -0.673. The topological polar surface area (TPSA) is 0 Å². The summed E-state index contributed by atoms with van der Waals surface area (Å²) in [6.07, 6.45) is 9.56. The summed E-state index contributed by atoms with van der Waals surface area (Å²) in [7, 11) is 0. The van der Waals surface area contributed by atoms with Crippen molar-refractivity contribution in [3.8, 4) is 0 Å². The molecule has 0 bridgehead atoms. The van der Waals surface area contributed by atoms with Gasteiger partial charge in [0.25, 0.3) is 0 Å². The van der Waals surface area contributed by atoms with Gasteiger partial charge in [-0.2, -0.15) is 0 Å². The lowest BCUT2D eigenvalue weighted by Gasteiger charge is -2.29. The summed E-state index contributed by atoms with van der Waals surface area (Å²) in [5.41, 5.74) is 0.593. The maximum Gasteiger partial charge on any atom is 0.172 e. The Kier molecular flexibility index (Phi) is 6.24. The molecule has 0 heterocycles. The van der Waals surface area contributed by atoms with Gasteiger partial charge in [0.15, 0.2) is 11.6 Å². The van der Waals surface area contributed by atoms with Crippen LogP contribution in [0.15, 0.2) is 12.1 Å². The Morgan fingerprint density at radius 3 is 2.40 bits per heavy atom. The molecule has 0 spiro atoms. The molecule has 0 nitrogen and oxygen atoms in total. The second-order valence-electron chi connectivity index (χ2n) is 5.98. The van der Waals surface area contributed by atoms with Gasteiger partial charge in [0.1, 0.15) is 0 Å². The van der Waals surface area contributed by atoms with E-state index in [1.165, 1.54) is 38.5 Å². The Morgan fingerprint density at radius 1 is 1.05 bits per heavy atom. The standard InChI is InChI=1S/C17H23F2I/c1-2-3-4-5-12-6-8-13(9-7-12)14-10-11-15(20)17(19)16(14)18/h10-13H,2-9H2,1H3. The van der Waals surface area contributed by atoms with Gasteiger partial charge in [-0.25, -0.2) is 8.78 Å². The molecule has 1 aromatic rings. The van der Waals surface area contributed by atoms with Crippen LogP contribution in [0.5, 0.6) is 0 Å². The smallest absolute Gasteiger partial charge is 0.172 e. The van der Waals surface area contributed by atoms with Crippen LogP contribution in [0.3, 0.4) is 0 Å². The summed E-state index contributed by atoms with van der Waals surface area (Å²) in [5.74, 6) is -0.280. The van der Waals surface area contributed by atoms with E-state index in [4.69, 9.17) is 0 Å². The van der Waals surface area contributed by atoms with E-state index in [-0.39, 0.29) is 5.92 Å². The Balaban J connectivity index is 1.92. The zero-order valence-electron chi connectivity index (χ0n) is 12.1. The lowest BCUT2D eigenvalue weighted by molar-refractivity contribution is 0.297. The van der Waals surface area contributed by atoms with E-state index in [1.807, 2.05) is 22.6 Å². The van der Waals surface area contributed by atoms with Crippen LogP contribution in [0.25, 0.3) is 0 Å². The molecule has 0 aromatic heterocycles. The normalized spacial score (nSPS) is 23.0. The van der Waals surface area contributed by atoms with Crippen molar-refractivity contribution in [2.45, 2.75) is 64.2 Å². The minimum Gasteiger partial charge on any atom is -0.203 e. The van der Waals surface area contributed by atoms with Crippen LogP contribution in [-0.4, -0.2) is 0 Å². The van der Waals surface area contributed by atoms with Crippen LogP contribution in [0, 0.1) is 21.1 Å². The van der Waals surface area contributed by atoms with Gasteiger partial charge in [0.2, 0.25) is 0 Å². The summed E-state index contributed by atoms with van der Waals surface area (Å²) in [6, 6.07) is 3.48. The fourth-order valence-electron chi connectivity index (χ4n) is 3.30. The molecule has 0 atom stereocenters. The summed E-state index contributed by atoms with van der Waals surface area (Å²) in [6.45, 7) is 2.23. The maximum atomic E-state index is 14.0. The Hall–Kier alpha value is -0.190. The van der Waals surface area contributed by atoms with Crippen molar-refractivity contribution in [1.29, 1.82) is 0 Å². The first-order chi connectivity index (χ1) is 9.63. The third-order valence-corrected chi connectivity index (χ3v) is 5.40. The van der Waals surface area contributed by atoms with Gasteiger partial charge in [0, 0.05) is 0 Å². The molecule has 1 saturated carbocycles. The van der Waals surface area contributed by atoms with E-state index in [9.17, 15) is 8.78 Å². The predicted octanol–water partition coefficient (Wildman–Crippen LogP) is 6.42. The predicted molar refractivity (Wildman–Crippen MR) is 87.9 cm³/mol. The largest absolute Gasteiger partial charge is 0.203 e. The first-order valence-corrected chi connectivity index (χ1v) is 8.84. The quantitative estimate of drug-likeness (QED) is 0.308. The van der Waals surface area contributed by atoms with Gasteiger partial charge in [-0.1, -0.05) is 38.7 Å². The Labute approximate surface area is 134 Å². The van der Waals surface area contributed by atoms with Gasteiger partial charge >= 0.3 is 0 Å². The molecular formula is C17H23F2I. The van der Waals surface area contributed by atoms with Gasteiger partial charge in [-0.05, 0) is 71.7 Å². The summed E-state index contributed by atoms with van der Waals surface area (Å²) in [5, 5.41) is 0. The molecule has 20 heavy (non-hydrogen) atoms. The van der Waals surface area contributed by atoms with Crippen LogP contribution in [0.1, 0.15) is 69.8 Å². The fourth-order valence-corrected chi connectivity index (χ4v) is 3.72. The molecule has 0 radical (unpaired) electrons. The molecular weight excluding hydrogens is 369 g/mol. The molecule has 2 rings (SSSR count). The first kappa shape index (κ1) is 16.2. The van der Waals surface area contributed by atoms with E-state index >= 15 is 0 Å². The zero-order valence-corrected chi connectivity index (χ0v) is 14.3. The lowest BCUT2D eigenvalue weighted by atomic mass is 9.77. The van der Waals surface area contributed by atoms with Gasteiger partial charge < -0.3 is 0 Å². The van der Waals surface area contributed by atoms with Crippen molar-refractivity contribution in [3.05, 3.63) is 32.9 Å². The molecule has 1 fully saturated rings. The molecule has 112 valence electrons. The molecule has 0 aliphatic heterocycles. The van der Waals surface area contributed by atoms with Gasteiger partial charge in [-0.3, -0.25) is 0 Å². The third kappa shape index (κ3) is 3.92. The second kappa shape index (κ2) is 7.71. The zero-order chi connectivity index (χ0) is 14.5. The summed E-state index contributed by atoms with van der Waals surface area (Å²) in [4.78, 5) is 0. The van der Waals surface area contributed by atoms with Crippen LogP contribution in [-0.2, 0) is 0 Å². The van der Waals surface area contributed by atoms with Crippen molar-refractivity contribution < 1.29 is 8.78 Å². The van der Waals surface area contributed by atoms with Crippen molar-refractivity contribution in [2.75, 3.05) is 0 Å². The van der Waals surface area contributed by atoms with E-state index in [2.05, 4.69) is 6.92 Å². The molecule has 3 heteroatoms. The second-order valence-corrected chi connectivity index (χ2v) is 7.14. The van der Waals surface area contributed by atoms with Crippen LogP contribution >= 0.6 is 22.6 Å². The fraction of sp³-hybridized carbons (Fsp3) is 0.647. The molecule has 0 saturated heterocycles. The third-order valence-electron chi connectivity index (χ3n) is 4.57. The van der Waals surface area contributed by atoms with Gasteiger partial charge in [-0.15, -0.1) is 0 Å². The summed E-state index contributed by atoms with van der Waals surface area (Å²) >= 11 is 1.84. The lowest BCUT2D eigenvalue weighted by Crippen LogP contribution is -2.15. The number of halogens is 3. The molecule has 1 aliphatic rings. The molecule has 1 aromatic carbocycles. The van der Waals surface area contributed by atoms with Crippen molar-refractivity contribution >= 4 is 22.6 Å². The number of hydrogen-bond acceptors (Lipinski definition) is 0. The number of unbranched alkanes of at least 4 members (excludes halogenated alkanes) is 2. The Morgan fingerprint density at radius 2 is 1.75 bits per heavy atom. The Bertz CT molecular complexity index is 437. The number of hydrogen-bond donors (Lipinski definition) is 0. The highest BCUT2D eigenvalue weighted by molar-refractivity contribution is 14.1. The summed E-state index contributed by atoms with van der Waals surface area (Å²) < 4.78 is 28.0. The van der Waals surface area contributed by atoms with Crippen LogP contribution < -0.4 is 0 Å². The highest BCUT2D eigenvalue weighted by Gasteiger charge is 2.25. The van der Waals surface area contributed by atoms with E-state index in [0.717, 1.165) is 18.8 Å². The van der Waals surface area contributed by atoms with E-state index in [0.29, 0.717) is 9.13 Å². The monoisotopic (exact) mass is 392 g/mol. The minimum absolute atomic E-state index is 0.212. The van der Waals surface area contributed by atoms with E-state index < -0.39 is 11.6 Å². The highest BCUT2D eigenvalue weighted by Crippen LogP contribution is 2.39. The molecule has 1 aliphatic carbocycles. The highest BCUT2D eigenvalue weighted by atomic mass is 127. The average Bonchev–Trinajstić information content (AvgIpc) is 2.46. The van der Waals surface area contributed by atoms with E-state index in [1.54, 1.807) is 12.1 Å². The van der Waals surface area contributed by atoms with Crippen LogP contribution in [0.2, 0.25) is 0 Å². The molecule has 0 N–H and O–H groups in total. The first-order valence-electron chi connectivity index (χ1n) is 7.76. The van der Waals surface area contributed by atoms with Gasteiger partial charge in [0.05, 0.1) is 3.57 Å². The number of rotatable bonds is 5. The van der Waals surface area contributed by atoms with Crippen molar-refractivity contribution in [1.82, 2.24) is 0 Å². The maximum absolute atomic E-state index is 14.0. The number of benzene rings is 1. The average molecular weight is 392 g/mol.